The summed E-state index contributed by atoms with van der Waals surface area (Å²) in [6, 6.07) is 0. The van der Waals surface area contributed by atoms with Gasteiger partial charge in [0.05, 0.1) is 5.56 Å². The molecule has 0 atom stereocenters. The minimum Gasteiger partial charge on any atom is -0.487 e. The average molecular weight is 332 g/mol. The molecule has 0 aliphatic carbocycles. The molecule has 1 aromatic rings. The standard InChI is InChI=1S/C20H28O4/c1-9-18(3,4)14-15-12(10-19(5,6)22-15)13(11(2)21)16-17(14)24-20(7,8)23-16/h9-10H2,1-8H3. The van der Waals surface area contributed by atoms with Crippen LogP contribution in [0.25, 0.3) is 0 Å². The van der Waals surface area contributed by atoms with Crippen molar-refractivity contribution in [3.8, 4) is 17.2 Å². The van der Waals surface area contributed by atoms with Crippen molar-refractivity contribution in [1.82, 2.24) is 0 Å². The molecule has 2 aliphatic rings. The highest BCUT2D eigenvalue weighted by Gasteiger charge is 2.47. The van der Waals surface area contributed by atoms with Crippen LogP contribution in [0.15, 0.2) is 0 Å². The number of hydrogen-bond acceptors (Lipinski definition) is 4. The van der Waals surface area contributed by atoms with Gasteiger partial charge in [-0.15, -0.1) is 0 Å². The van der Waals surface area contributed by atoms with Crippen LogP contribution in [0.2, 0.25) is 0 Å². The second-order valence-corrected chi connectivity index (χ2v) is 8.65. The van der Waals surface area contributed by atoms with Gasteiger partial charge in [-0.1, -0.05) is 20.8 Å². The van der Waals surface area contributed by atoms with E-state index >= 15 is 0 Å². The first-order valence-corrected chi connectivity index (χ1v) is 8.70. The molecule has 132 valence electrons. The van der Waals surface area contributed by atoms with E-state index in [1.165, 1.54) is 0 Å². The second-order valence-electron chi connectivity index (χ2n) is 8.65. The molecule has 1 aromatic carbocycles. The van der Waals surface area contributed by atoms with E-state index in [1.54, 1.807) is 6.92 Å². The predicted molar refractivity (Wildman–Crippen MR) is 93.5 cm³/mol. The molecule has 0 amide bonds. The maximum atomic E-state index is 12.4. The Bertz CT molecular complexity index is 681. The summed E-state index contributed by atoms with van der Waals surface area (Å²) in [6.45, 7) is 15.9. The predicted octanol–water partition coefficient (Wildman–Crippen LogP) is 4.80. The van der Waals surface area contributed by atoms with E-state index < -0.39 is 5.79 Å². The van der Waals surface area contributed by atoms with Crippen molar-refractivity contribution < 1.29 is 19.0 Å². The summed E-state index contributed by atoms with van der Waals surface area (Å²) in [5.41, 5.74) is 2.12. The Balaban J connectivity index is 2.39. The van der Waals surface area contributed by atoms with Gasteiger partial charge in [-0.3, -0.25) is 4.79 Å². The third-order valence-corrected chi connectivity index (χ3v) is 5.05. The SMILES string of the molecule is CCC(C)(C)c1c2c(c(C(C)=O)c3c1OC(C)(C)O3)CC(C)(C)O2. The van der Waals surface area contributed by atoms with Gasteiger partial charge in [-0.05, 0) is 32.6 Å². The molecular weight excluding hydrogens is 304 g/mol. The molecule has 0 fully saturated rings. The van der Waals surface area contributed by atoms with Crippen LogP contribution in [-0.4, -0.2) is 17.2 Å². The van der Waals surface area contributed by atoms with Crippen LogP contribution in [0.4, 0.5) is 0 Å². The fourth-order valence-electron chi connectivity index (χ4n) is 3.62. The number of carbonyl (C=O) groups excluding carboxylic acids is 1. The molecule has 0 saturated carbocycles. The third kappa shape index (κ3) is 2.47. The molecule has 0 aromatic heterocycles. The van der Waals surface area contributed by atoms with Crippen LogP contribution in [0.1, 0.15) is 83.3 Å². The van der Waals surface area contributed by atoms with Crippen molar-refractivity contribution in [3.05, 3.63) is 16.7 Å². The topological polar surface area (TPSA) is 44.8 Å². The first-order chi connectivity index (χ1) is 10.9. The largest absolute Gasteiger partial charge is 0.487 e. The highest BCUT2D eigenvalue weighted by molar-refractivity contribution is 6.01. The molecule has 0 N–H and O–H groups in total. The monoisotopic (exact) mass is 332 g/mol. The summed E-state index contributed by atoms with van der Waals surface area (Å²) < 4.78 is 18.5. The van der Waals surface area contributed by atoms with E-state index in [0.29, 0.717) is 23.5 Å². The summed E-state index contributed by atoms with van der Waals surface area (Å²) >= 11 is 0. The van der Waals surface area contributed by atoms with Gasteiger partial charge in [0.2, 0.25) is 5.79 Å². The minimum atomic E-state index is -0.782. The van der Waals surface area contributed by atoms with Crippen molar-refractivity contribution in [2.45, 2.75) is 85.0 Å². The lowest BCUT2D eigenvalue weighted by atomic mass is 9.78. The quantitative estimate of drug-likeness (QED) is 0.746. The van der Waals surface area contributed by atoms with Crippen LogP contribution < -0.4 is 14.2 Å². The van der Waals surface area contributed by atoms with Gasteiger partial charge in [-0.25, -0.2) is 0 Å². The van der Waals surface area contributed by atoms with Gasteiger partial charge >= 0.3 is 0 Å². The van der Waals surface area contributed by atoms with Crippen molar-refractivity contribution in [3.63, 3.8) is 0 Å². The maximum absolute atomic E-state index is 12.4. The maximum Gasteiger partial charge on any atom is 0.246 e. The number of carbonyl (C=O) groups is 1. The normalized spacial score (nSPS) is 19.8. The molecule has 2 heterocycles. The summed E-state index contributed by atoms with van der Waals surface area (Å²) in [7, 11) is 0. The van der Waals surface area contributed by atoms with E-state index in [9.17, 15) is 4.79 Å². The summed E-state index contributed by atoms with van der Waals surface area (Å²) in [6.07, 6.45) is 1.62. The van der Waals surface area contributed by atoms with Crippen molar-refractivity contribution in [2.24, 2.45) is 0 Å². The van der Waals surface area contributed by atoms with Gasteiger partial charge in [0.15, 0.2) is 17.3 Å². The Morgan fingerprint density at radius 2 is 1.62 bits per heavy atom. The zero-order chi connectivity index (χ0) is 18.1. The van der Waals surface area contributed by atoms with E-state index in [-0.39, 0.29) is 16.8 Å². The molecule has 0 saturated heterocycles. The Morgan fingerprint density at radius 3 is 2.17 bits per heavy atom. The number of ether oxygens (including phenoxy) is 3. The highest BCUT2D eigenvalue weighted by atomic mass is 16.7. The van der Waals surface area contributed by atoms with Crippen LogP contribution in [0.3, 0.4) is 0 Å². The smallest absolute Gasteiger partial charge is 0.246 e. The van der Waals surface area contributed by atoms with E-state index in [2.05, 4.69) is 34.6 Å². The lowest BCUT2D eigenvalue weighted by Crippen LogP contribution is -2.31. The van der Waals surface area contributed by atoms with E-state index in [1.807, 2.05) is 13.8 Å². The van der Waals surface area contributed by atoms with E-state index in [0.717, 1.165) is 23.3 Å². The van der Waals surface area contributed by atoms with Crippen molar-refractivity contribution >= 4 is 5.78 Å². The number of rotatable bonds is 3. The average Bonchev–Trinajstić information content (AvgIpc) is 2.87. The van der Waals surface area contributed by atoms with Crippen molar-refractivity contribution in [1.29, 1.82) is 0 Å². The van der Waals surface area contributed by atoms with E-state index in [4.69, 9.17) is 14.2 Å². The Labute approximate surface area is 144 Å². The molecule has 3 rings (SSSR count). The molecule has 0 bridgehead atoms. The first kappa shape index (κ1) is 17.1. The Hall–Kier alpha value is -1.71. The van der Waals surface area contributed by atoms with Crippen LogP contribution in [0, 0.1) is 0 Å². The fourth-order valence-corrected chi connectivity index (χ4v) is 3.62. The van der Waals surface area contributed by atoms with Crippen LogP contribution in [0.5, 0.6) is 17.2 Å². The van der Waals surface area contributed by atoms with Gasteiger partial charge < -0.3 is 14.2 Å². The third-order valence-electron chi connectivity index (χ3n) is 5.05. The molecule has 24 heavy (non-hydrogen) atoms. The zero-order valence-corrected chi connectivity index (χ0v) is 16.0. The number of ketones is 1. The molecule has 4 nitrogen and oxygen atoms in total. The molecule has 4 heteroatoms. The lowest BCUT2D eigenvalue weighted by molar-refractivity contribution is -0.0440. The minimum absolute atomic E-state index is 0.00838. The van der Waals surface area contributed by atoms with Crippen molar-refractivity contribution in [2.75, 3.05) is 0 Å². The number of fused-ring (bicyclic) bond motifs is 2. The Kier molecular flexibility index (Phi) is 3.50. The number of hydrogen-bond donors (Lipinski definition) is 0. The lowest BCUT2D eigenvalue weighted by Gasteiger charge is -2.29. The summed E-state index contributed by atoms with van der Waals surface area (Å²) in [4.78, 5) is 12.4. The molecule has 2 aliphatic heterocycles. The zero-order valence-electron chi connectivity index (χ0n) is 16.0. The van der Waals surface area contributed by atoms with Crippen LogP contribution >= 0.6 is 0 Å². The molecular formula is C20H28O4. The molecule has 0 spiro atoms. The van der Waals surface area contributed by atoms with Crippen LogP contribution in [-0.2, 0) is 11.8 Å². The summed E-state index contributed by atoms with van der Waals surface area (Å²) in [5.74, 6) is 1.29. The number of Topliss-reactive ketones (excluding diaryl/α,β-unsaturated/α-hetero) is 1. The Morgan fingerprint density at radius 1 is 1.04 bits per heavy atom. The fraction of sp³-hybridized carbons (Fsp3) is 0.650. The first-order valence-electron chi connectivity index (χ1n) is 8.70. The van der Waals surface area contributed by atoms with Gasteiger partial charge in [0.25, 0.3) is 0 Å². The summed E-state index contributed by atoms with van der Waals surface area (Å²) in [5, 5.41) is 0. The highest BCUT2D eigenvalue weighted by Crippen LogP contribution is 2.57. The number of benzene rings is 1. The van der Waals surface area contributed by atoms with Gasteiger partial charge in [0.1, 0.15) is 11.4 Å². The van der Waals surface area contributed by atoms with Gasteiger partial charge in [-0.2, -0.15) is 0 Å². The second kappa shape index (κ2) is 4.90. The molecule has 0 radical (unpaired) electrons. The molecule has 0 unspecified atom stereocenters. The van der Waals surface area contributed by atoms with Gasteiger partial charge in [0, 0.05) is 31.4 Å².